The number of piperidine rings is 1. The molecule has 0 bridgehead atoms. The summed E-state index contributed by atoms with van der Waals surface area (Å²) >= 11 is 1.73. The number of carboxylic acids is 1. The number of nitrogens with zero attached hydrogens (tertiary/aromatic N) is 2. The van der Waals surface area contributed by atoms with Gasteiger partial charge in [-0.25, -0.2) is 0 Å². The van der Waals surface area contributed by atoms with Gasteiger partial charge in [-0.15, -0.1) is 11.3 Å². The van der Waals surface area contributed by atoms with Gasteiger partial charge in [0.1, 0.15) is 5.75 Å². The van der Waals surface area contributed by atoms with E-state index in [1.165, 1.54) is 10.4 Å². The summed E-state index contributed by atoms with van der Waals surface area (Å²) in [6.45, 7) is 4.81. The molecule has 1 aliphatic rings. The minimum absolute atomic E-state index is 0.240. The van der Waals surface area contributed by atoms with Gasteiger partial charge in [0.25, 0.3) is 0 Å². The third-order valence-electron chi connectivity index (χ3n) is 7.02. The van der Waals surface area contributed by atoms with Gasteiger partial charge in [-0.3, -0.25) is 14.7 Å². The quantitative estimate of drug-likeness (QED) is 0.385. The second kappa shape index (κ2) is 12.2. The fourth-order valence-electron chi connectivity index (χ4n) is 5.14. The van der Waals surface area contributed by atoms with E-state index in [0.717, 1.165) is 73.3 Å². The summed E-state index contributed by atoms with van der Waals surface area (Å²) in [4.78, 5) is 20.6. The molecular weight excluding hydrogens is 456 g/mol. The van der Waals surface area contributed by atoms with E-state index < -0.39 is 5.97 Å². The van der Waals surface area contributed by atoms with Gasteiger partial charge in [-0.2, -0.15) is 0 Å². The van der Waals surface area contributed by atoms with Crippen LogP contribution >= 0.6 is 11.3 Å². The fourth-order valence-corrected chi connectivity index (χ4v) is 5.88. The normalized spacial score (nSPS) is 18.2. The Morgan fingerprint density at radius 3 is 2.89 bits per heavy atom. The fraction of sp³-hybridized carbons (Fsp3) is 0.448. The zero-order valence-electron chi connectivity index (χ0n) is 20.6. The number of rotatable bonds is 9. The molecule has 184 valence electrons. The highest BCUT2D eigenvalue weighted by molar-refractivity contribution is 7.12. The number of likely N-dealkylation sites (tertiary alicyclic amines) is 1. The lowest BCUT2D eigenvalue weighted by Crippen LogP contribution is -2.41. The summed E-state index contributed by atoms with van der Waals surface area (Å²) in [7, 11) is 1.69. The Bertz CT molecular complexity index is 1210. The Morgan fingerprint density at radius 2 is 2.11 bits per heavy atom. The Labute approximate surface area is 212 Å². The maximum atomic E-state index is 11.3. The number of aryl methyl sites for hydroxylation is 2. The van der Waals surface area contributed by atoms with Crippen LogP contribution in [0.25, 0.3) is 10.9 Å². The molecule has 5 nitrogen and oxygen atoms in total. The van der Waals surface area contributed by atoms with Crippen molar-refractivity contribution in [1.29, 1.82) is 0 Å². The van der Waals surface area contributed by atoms with Gasteiger partial charge in [0.05, 0.1) is 24.0 Å². The van der Waals surface area contributed by atoms with Gasteiger partial charge in [0.2, 0.25) is 0 Å². The molecule has 4 rings (SSSR count). The summed E-state index contributed by atoms with van der Waals surface area (Å²) in [5.74, 6) is 7.72. The van der Waals surface area contributed by atoms with Crippen molar-refractivity contribution < 1.29 is 14.6 Å². The molecule has 0 saturated carbocycles. The van der Waals surface area contributed by atoms with E-state index in [2.05, 4.69) is 52.9 Å². The summed E-state index contributed by atoms with van der Waals surface area (Å²) in [6.07, 6.45) is 7.16. The van der Waals surface area contributed by atoms with E-state index in [1.807, 2.05) is 18.3 Å². The molecular formula is C29H34N2O3S. The number of hydrogen-bond donors (Lipinski definition) is 1. The Hall–Kier alpha value is -2.88. The molecule has 35 heavy (non-hydrogen) atoms. The molecule has 1 fully saturated rings. The largest absolute Gasteiger partial charge is 0.497 e. The number of hydrogen-bond acceptors (Lipinski definition) is 5. The molecule has 0 aliphatic carbocycles. The second-order valence-corrected chi connectivity index (χ2v) is 10.7. The maximum Gasteiger partial charge on any atom is 0.303 e. The Kier molecular flexibility index (Phi) is 8.79. The van der Waals surface area contributed by atoms with Gasteiger partial charge in [-0.1, -0.05) is 11.8 Å². The molecule has 0 spiro atoms. The van der Waals surface area contributed by atoms with Crippen LogP contribution in [0.2, 0.25) is 0 Å². The Balaban J connectivity index is 1.35. The van der Waals surface area contributed by atoms with Crippen molar-refractivity contribution in [2.45, 2.75) is 45.4 Å². The van der Waals surface area contributed by atoms with Crippen molar-refractivity contribution in [3.8, 4) is 17.6 Å². The molecule has 0 radical (unpaired) electrons. The van der Waals surface area contributed by atoms with Crippen LogP contribution in [-0.2, 0) is 11.2 Å². The van der Waals surface area contributed by atoms with Crippen molar-refractivity contribution in [2.75, 3.05) is 26.7 Å². The zero-order chi connectivity index (χ0) is 24.6. The van der Waals surface area contributed by atoms with Crippen molar-refractivity contribution in [3.05, 3.63) is 57.9 Å². The van der Waals surface area contributed by atoms with E-state index in [9.17, 15) is 9.90 Å². The number of pyridine rings is 1. The van der Waals surface area contributed by atoms with E-state index in [-0.39, 0.29) is 6.42 Å². The van der Waals surface area contributed by atoms with Gasteiger partial charge in [0.15, 0.2) is 0 Å². The lowest BCUT2D eigenvalue weighted by Gasteiger charge is -2.38. The van der Waals surface area contributed by atoms with Crippen LogP contribution in [0.3, 0.4) is 0 Å². The van der Waals surface area contributed by atoms with Gasteiger partial charge in [0, 0.05) is 29.4 Å². The summed E-state index contributed by atoms with van der Waals surface area (Å²) in [6, 6.07) is 12.3. The third-order valence-corrected chi connectivity index (χ3v) is 7.94. The van der Waals surface area contributed by atoms with Crippen molar-refractivity contribution in [3.63, 3.8) is 0 Å². The monoisotopic (exact) mass is 490 g/mol. The van der Waals surface area contributed by atoms with Crippen LogP contribution in [-0.4, -0.2) is 47.7 Å². The van der Waals surface area contributed by atoms with Crippen molar-refractivity contribution in [2.24, 2.45) is 11.8 Å². The van der Waals surface area contributed by atoms with Crippen LogP contribution in [0.15, 0.2) is 42.6 Å². The number of aliphatic carboxylic acids is 1. The number of fused-ring (bicyclic) bond motifs is 1. The number of benzene rings is 1. The molecule has 1 N–H and O–H groups in total. The van der Waals surface area contributed by atoms with Crippen LogP contribution in [0.5, 0.6) is 5.75 Å². The van der Waals surface area contributed by atoms with Crippen LogP contribution < -0.4 is 4.74 Å². The average molecular weight is 491 g/mol. The van der Waals surface area contributed by atoms with Crippen LogP contribution in [0.4, 0.5) is 0 Å². The van der Waals surface area contributed by atoms with Gasteiger partial charge >= 0.3 is 5.97 Å². The first kappa shape index (κ1) is 25.2. The van der Waals surface area contributed by atoms with E-state index >= 15 is 0 Å². The first-order chi connectivity index (χ1) is 17.0. The van der Waals surface area contributed by atoms with E-state index in [0.29, 0.717) is 11.8 Å². The molecule has 0 unspecified atom stereocenters. The molecule has 2 aromatic heterocycles. The topological polar surface area (TPSA) is 62.7 Å². The maximum absolute atomic E-state index is 11.3. The van der Waals surface area contributed by atoms with Crippen molar-refractivity contribution >= 4 is 28.2 Å². The van der Waals surface area contributed by atoms with Crippen LogP contribution in [0, 0.1) is 30.6 Å². The minimum atomic E-state index is -0.703. The van der Waals surface area contributed by atoms with Crippen molar-refractivity contribution in [1.82, 2.24) is 9.88 Å². The Morgan fingerprint density at radius 1 is 1.23 bits per heavy atom. The van der Waals surface area contributed by atoms with Gasteiger partial charge in [-0.05, 0) is 99.4 Å². The number of ether oxygens (including phenoxy) is 1. The number of carboxylic acid groups (broad SMARTS) is 1. The SMILES string of the molecule is COc1ccc2nccc(CCC[C@@H]3CCN(CC#Cc4ccc(C)s4)C[C@@H]3CCC(=O)O)c2c1. The molecule has 1 aliphatic heterocycles. The minimum Gasteiger partial charge on any atom is -0.497 e. The second-order valence-electron chi connectivity index (χ2n) is 9.43. The summed E-state index contributed by atoms with van der Waals surface area (Å²) in [5, 5.41) is 10.4. The average Bonchev–Trinajstić information content (AvgIpc) is 3.28. The van der Waals surface area contributed by atoms with E-state index in [4.69, 9.17) is 4.74 Å². The summed E-state index contributed by atoms with van der Waals surface area (Å²) in [5.41, 5.74) is 2.29. The standard InChI is InChI=1S/C29H34N2O3S/c1-21-8-11-26(35-21)7-4-17-31-18-15-22(24(20-31)9-13-29(32)33)5-3-6-23-14-16-30-28-12-10-25(34-2)19-27(23)28/h8,10-12,14,16,19,22,24H,3,5-6,9,13,15,17-18,20H2,1-2H3,(H,32,33)/t22-,24+/m1/s1. The zero-order valence-corrected chi connectivity index (χ0v) is 21.4. The lowest BCUT2D eigenvalue weighted by atomic mass is 9.79. The number of carbonyl (C=O) groups is 1. The number of thiophene rings is 1. The third kappa shape index (κ3) is 7.06. The first-order valence-corrected chi connectivity index (χ1v) is 13.2. The molecule has 3 aromatic rings. The molecule has 0 amide bonds. The molecule has 1 saturated heterocycles. The summed E-state index contributed by atoms with van der Waals surface area (Å²) < 4.78 is 5.41. The highest BCUT2D eigenvalue weighted by Gasteiger charge is 2.29. The molecule has 6 heteroatoms. The lowest BCUT2D eigenvalue weighted by molar-refractivity contribution is -0.137. The number of methoxy groups -OCH3 is 1. The first-order valence-electron chi connectivity index (χ1n) is 12.4. The van der Waals surface area contributed by atoms with Gasteiger partial charge < -0.3 is 9.84 Å². The molecule has 3 heterocycles. The highest BCUT2D eigenvalue weighted by Crippen LogP contribution is 2.32. The molecule has 2 atom stereocenters. The highest BCUT2D eigenvalue weighted by atomic mass is 32.1. The van der Waals surface area contributed by atoms with E-state index in [1.54, 1.807) is 18.4 Å². The predicted molar refractivity (Wildman–Crippen MR) is 142 cm³/mol. The predicted octanol–water partition coefficient (Wildman–Crippen LogP) is 5.79. The molecule has 1 aromatic carbocycles. The number of aromatic nitrogens is 1. The van der Waals surface area contributed by atoms with Crippen LogP contribution in [0.1, 0.15) is 47.4 Å². The smallest absolute Gasteiger partial charge is 0.303 e.